The number of halogens is 3. The number of rotatable bonds is 3. The number of aromatic nitrogens is 2. The highest BCUT2D eigenvalue weighted by atomic mass is 19.4. The van der Waals surface area contributed by atoms with Crippen LogP contribution in [0.15, 0.2) is 30.3 Å². The van der Waals surface area contributed by atoms with Gasteiger partial charge in [0.25, 0.3) is 0 Å². The summed E-state index contributed by atoms with van der Waals surface area (Å²) in [7, 11) is 0. The maximum absolute atomic E-state index is 12.8. The third-order valence-corrected chi connectivity index (χ3v) is 2.80. The first-order valence-electron chi connectivity index (χ1n) is 7.11. The Morgan fingerprint density at radius 1 is 1.00 bits per heavy atom. The molecule has 0 fully saturated rings. The summed E-state index contributed by atoms with van der Waals surface area (Å²) in [6.45, 7) is 7.77. The highest BCUT2D eigenvalue weighted by Crippen LogP contribution is 2.31. The predicted molar refractivity (Wildman–Crippen MR) is 84.9 cm³/mol. The number of hydrogen-bond donors (Lipinski definition) is 2. The van der Waals surface area contributed by atoms with Crippen LogP contribution in [0.2, 0.25) is 0 Å². The molecule has 0 saturated heterocycles. The van der Waals surface area contributed by atoms with E-state index in [1.165, 1.54) is 12.1 Å². The minimum atomic E-state index is -4.38. The summed E-state index contributed by atoms with van der Waals surface area (Å²) < 4.78 is 38.3. The highest BCUT2D eigenvalue weighted by Gasteiger charge is 2.30. The molecule has 7 heteroatoms. The van der Waals surface area contributed by atoms with Gasteiger partial charge in [-0.15, -0.1) is 0 Å². The van der Waals surface area contributed by atoms with Crippen LogP contribution in [0.5, 0.6) is 0 Å². The minimum absolute atomic E-state index is 0.186. The molecule has 124 valence electrons. The second-order valence-corrected chi connectivity index (χ2v) is 6.30. The van der Waals surface area contributed by atoms with Crippen LogP contribution in [-0.4, -0.2) is 15.5 Å². The number of aryl methyl sites for hydroxylation is 1. The van der Waals surface area contributed by atoms with Crippen LogP contribution in [0.25, 0.3) is 0 Å². The largest absolute Gasteiger partial charge is 0.416 e. The van der Waals surface area contributed by atoms with Gasteiger partial charge >= 0.3 is 6.18 Å². The van der Waals surface area contributed by atoms with Crippen molar-refractivity contribution in [3.63, 3.8) is 0 Å². The zero-order chi connectivity index (χ0) is 17.3. The summed E-state index contributed by atoms with van der Waals surface area (Å²) >= 11 is 0. The zero-order valence-electron chi connectivity index (χ0n) is 13.4. The fourth-order valence-electron chi connectivity index (χ4n) is 1.98. The van der Waals surface area contributed by atoms with Gasteiger partial charge < -0.3 is 10.6 Å². The van der Waals surface area contributed by atoms with E-state index in [-0.39, 0.29) is 17.2 Å². The molecular weight excluding hydrogens is 305 g/mol. The van der Waals surface area contributed by atoms with E-state index in [1.807, 2.05) is 20.8 Å². The normalized spacial score (nSPS) is 12.1. The molecule has 0 radical (unpaired) electrons. The van der Waals surface area contributed by atoms with Crippen molar-refractivity contribution in [2.45, 2.75) is 39.4 Å². The average molecular weight is 324 g/mol. The number of nitrogens with one attached hydrogen (secondary N) is 2. The number of benzene rings is 1. The summed E-state index contributed by atoms with van der Waals surface area (Å²) in [5.74, 6) is 0.857. The third-order valence-electron chi connectivity index (χ3n) is 2.80. The molecule has 0 aliphatic rings. The van der Waals surface area contributed by atoms with Gasteiger partial charge in [0.2, 0.25) is 5.95 Å². The molecule has 1 heterocycles. The first-order chi connectivity index (χ1) is 10.5. The van der Waals surface area contributed by atoms with Gasteiger partial charge in [0, 0.05) is 23.0 Å². The van der Waals surface area contributed by atoms with Crippen molar-refractivity contribution in [1.82, 2.24) is 9.97 Å². The Balaban J connectivity index is 2.27. The maximum atomic E-state index is 12.8. The summed E-state index contributed by atoms with van der Waals surface area (Å²) in [6.07, 6.45) is -4.38. The molecule has 0 bridgehead atoms. The number of alkyl halides is 3. The Labute approximate surface area is 133 Å². The average Bonchev–Trinajstić information content (AvgIpc) is 2.35. The molecule has 2 rings (SSSR count). The summed E-state index contributed by atoms with van der Waals surface area (Å²) in [5.41, 5.74) is 0.0883. The van der Waals surface area contributed by atoms with Gasteiger partial charge in [-0.1, -0.05) is 6.07 Å². The Morgan fingerprint density at radius 2 is 1.70 bits per heavy atom. The Kier molecular flexibility index (Phi) is 4.49. The Bertz CT molecular complexity index is 690. The number of hydrogen-bond acceptors (Lipinski definition) is 4. The van der Waals surface area contributed by atoms with E-state index < -0.39 is 11.7 Å². The molecular formula is C16H19F3N4. The van der Waals surface area contributed by atoms with Crippen LogP contribution in [0.1, 0.15) is 32.0 Å². The Hall–Kier alpha value is -2.31. The van der Waals surface area contributed by atoms with Crippen LogP contribution in [0.4, 0.5) is 30.6 Å². The number of nitrogens with zero attached hydrogens (tertiary/aromatic N) is 2. The van der Waals surface area contributed by atoms with Crippen LogP contribution in [0.3, 0.4) is 0 Å². The van der Waals surface area contributed by atoms with Crippen molar-refractivity contribution in [3.05, 3.63) is 41.6 Å². The van der Waals surface area contributed by atoms with Crippen molar-refractivity contribution in [1.29, 1.82) is 0 Å². The van der Waals surface area contributed by atoms with E-state index in [1.54, 1.807) is 13.0 Å². The van der Waals surface area contributed by atoms with E-state index in [0.29, 0.717) is 11.5 Å². The van der Waals surface area contributed by atoms with Crippen molar-refractivity contribution in [3.8, 4) is 0 Å². The predicted octanol–water partition coefficient (Wildman–Crippen LogP) is 4.76. The van der Waals surface area contributed by atoms with Crippen LogP contribution >= 0.6 is 0 Å². The fraction of sp³-hybridized carbons (Fsp3) is 0.375. The first-order valence-corrected chi connectivity index (χ1v) is 7.11. The number of anilines is 3. The smallest absolute Gasteiger partial charge is 0.365 e. The summed E-state index contributed by atoms with van der Waals surface area (Å²) in [6, 6.07) is 6.72. The van der Waals surface area contributed by atoms with Crippen LogP contribution in [-0.2, 0) is 6.18 Å². The molecule has 1 aromatic carbocycles. The first kappa shape index (κ1) is 17.1. The molecule has 2 N–H and O–H groups in total. The second-order valence-electron chi connectivity index (χ2n) is 6.30. The van der Waals surface area contributed by atoms with Crippen LogP contribution < -0.4 is 10.6 Å². The van der Waals surface area contributed by atoms with Crippen LogP contribution in [0, 0.1) is 6.92 Å². The van der Waals surface area contributed by atoms with Crippen molar-refractivity contribution in [2.75, 3.05) is 10.6 Å². The summed E-state index contributed by atoms with van der Waals surface area (Å²) in [4.78, 5) is 8.50. The van der Waals surface area contributed by atoms with E-state index in [9.17, 15) is 13.2 Å². The van der Waals surface area contributed by atoms with Crippen molar-refractivity contribution in [2.24, 2.45) is 0 Å². The van der Waals surface area contributed by atoms with Crippen molar-refractivity contribution < 1.29 is 13.2 Å². The molecule has 2 aromatic rings. The fourth-order valence-corrected chi connectivity index (χ4v) is 1.98. The lowest BCUT2D eigenvalue weighted by molar-refractivity contribution is -0.137. The summed E-state index contributed by atoms with van der Waals surface area (Å²) in [5, 5.41) is 6.03. The molecule has 0 aliphatic heterocycles. The highest BCUT2D eigenvalue weighted by molar-refractivity contribution is 5.56. The molecule has 0 amide bonds. The second kappa shape index (κ2) is 6.06. The maximum Gasteiger partial charge on any atom is 0.416 e. The van der Waals surface area contributed by atoms with Gasteiger partial charge in [-0.2, -0.15) is 18.2 Å². The van der Waals surface area contributed by atoms with Gasteiger partial charge in [0.15, 0.2) is 0 Å². The molecule has 0 spiro atoms. The molecule has 23 heavy (non-hydrogen) atoms. The van der Waals surface area contributed by atoms with E-state index in [0.717, 1.165) is 12.1 Å². The molecule has 0 aliphatic carbocycles. The zero-order valence-corrected chi connectivity index (χ0v) is 13.4. The standard InChI is InChI=1S/C16H19F3N4/c1-10-8-13(23-15(2,3)4)22-14(20-10)21-12-7-5-6-11(9-12)16(17,18)19/h5-9H,1-4H3,(H2,20,21,22,23). The van der Waals surface area contributed by atoms with E-state index >= 15 is 0 Å². The SMILES string of the molecule is Cc1cc(NC(C)(C)C)nc(Nc2cccc(C(F)(F)F)c2)n1. The lowest BCUT2D eigenvalue weighted by Crippen LogP contribution is -2.27. The van der Waals surface area contributed by atoms with Gasteiger partial charge in [0.1, 0.15) is 5.82 Å². The minimum Gasteiger partial charge on any atom is -0.365 e. The third kappa shape index (κ3) is 5.12. The van der Waals surface area contributed by atoms with E-state index in [4.69, 9.17) is 0 Å². The molecule has 0 atom stereocenters. The molecule has 4 nitrogen and oxygen atoms in total. The topological polar surface area (TPSA) is 49.8 Å². The van der Waals surface area contributed by atoms with E-state index in [2.05, 4.69) is 20.6 Å². The van der Waals surface area contributed by atoms with Gasteiger partial charge in [-0.25, -0.2) is 4.98 Å². The lowest BCUT2D eigenvalue weighted by Gasteiger charge is -2.21. The van der Waals surface area contributed by atoms with Gasteiger partial charge in [-0.3, -0.25) is 0 Å². The molecule has 0 saturated carbocycles. The monoisotopic (exact) mass is 324 g/mol. The van der Waals surface area contributed by atoms with Gasteiger partial charge in [-0.05, 0) is 45.9 Å². The quantitative estimate of drug-likeness (QED) is 0.855. The van der Waals surface area contributed by atoms with Gasteiger partial charge in [0.05, 0.1) is 5.56 Å². The Morgan fingerprint density at radius 3 is 2.30 bits per heavy atom. The molecule has 0 unspecified atom stereocenters. The molecule has 1 aromatic heterocycles. The lowest BCUT2D eigenvalue weighted by atomic mass is 10.1. The van der Waals surface area contributed by atoms with Crippen molar-refractivity contribution >= 4 is 17.5 Å².